The molecule has 0 aromatic carbocycles. The third kappa shape index (κ3) is 3.30. The fraction of sp³-hybridized carbons (Fsp3) is 0.739. The van der Waals surface area contributed by atoms with Crippen LogP contribution in [0.3, 0.4) is 0 Å². The fourth-order valence-corrected chi connectivity index (χ4v) is 5.93. The molecule has 2 fully saturated rings. The Kier molecular flexibility index (Phi) is 5.17. The molecule has 0 aromatic heterocycles. The molecule has 0 unspecified atom stereocenters. The van der Waals surface area contributed by atoms with Gasteiger partial charge in [0.2, 0.25) is 0 Å². The Balaban J connectivity index is 1.97. The lowest BCUT2D eigenvalue weighted by Crippen LogP contribution is -2.45. The summed E-state index contributed by atoms with van der Waals surface area (Å²) in [4.78, 5) is 24.3. The van der Waals surface area contributed by atoms with Crippen molar-refractivity contribution in [1.29, 1.82) is 0 Å². The molecule has 0 spiro atoms. The molecule has 2 saturated carbocycles. The smallest absolute Gasteiger partial charge is 0.309 e. The summed E-state index contributed by atoms with van der Waals surface area (Å²) in [5, 5.41) is 10.8. The van der Waals surface area contributed by atoms with Crippen LogP contribution in [0.15, 0.2) is 23.3 Å². The molecule has 1 N–H and O–H groups in total. The van der Waals surface area contributed by atoms with E-state index in [1.807, 2.05) is 19.9 Å². The van der Waals surface area contributed by atoms with Crippen LogP contribution in [-0.2, 0) is 14.3 Å². The normalized spacial score (nSPS) is 38.1. The predicted octanol–water partition coefficient (Wildman–Crippen LogP) is 4.37. The number of rotatable bonds is 3. The van der Waals surface area contributed by atoms with Crippen molar-refractivity contribution in [3.8, 4) is 0 Å². The van der Waals surface area contributed by atoms with Gasteiger partial charge in [-0.2, -0.15) is 0 Å². The molecule has 0 amide bonds. The standard InChI is InChI=1S/C23H34O4/c1-21(2,26)17-7-8-18-16(14-15(17)6-9-20(25)27-5)10-12-23(4)19(24)11-13-22(18,23)3/h6,10,17-18,26H,7-9,11-14H2,1-5H3/b15-6-/t17-,18-,22+,23-/m1/s1. The van der Waals surface area contributed by atoms with Gasteiger partial charge in [-0.25, -0.2) is 0 Å². The molecule has 3 rings (SSSR count). The molecule has 0 saturated heterocycles. The van der Waals surface area contributed by atoms with Crippen LogP contribution in [0.2, 0.25) is 0 Å². The third-order valence-corrected chi connectivity index (χ3v) is 7.95. The van der Waals surface area contributed by atoms with Gasteiger partial charge >= 0.3 is 5.97 Å². The van der Waals surface area contributed by atoms with Gasteiger partial charge in [-0.3, -0.25) is 9.59 Å². The van der Waals surface area contributed by atoms with E-state index < -0.39 is 5.60 Å². The van der Waals surface area contributed by atoms with E-state index in [4.69, 9.17) is 4.74 Å². The second kappa shape index (κ2) is 6.88. The lowest BCUT2D eigenvalue weighted by Gasteiger charge is -2.49. The highest BCUT2D eigenvalue weighted by Crippen LogP contribution is 2.63. The molecule has 0 aromatic rings. The number of hydrogen-bond donors (Lipinski definition) is 1. The van der Waals surface area contributed by atoms with Crippen LogP contribution >= 0.6 is 0 Å². The molecule has 0 radical (unpaired) electrons. The molecule has 3 aliphatic rings. The van der Waals surface area contributed by atoms with Gasteiger partial charge in [0.1, 0.15) is 5.78 Å². The van der Waals surface area contributed by atoms with Gasteiger partial charge in [0.15, 0.2) is 0 Å². The average Bonchev–Trinajstić information content (AvgIpc) is 2.76. The minimum absolute atomic E-state index is 0.00385. The maximum absolute atomic E-state index is 12.7. The number of aliphatic hydroxyl groups is 1. The van der Waals surface area contributed by atoms with E-state index in [-0.39, 0.29) is 29.1 Å². The van der Waals surface area contributed by atoms with Crippen molar-refractivity contribution < 1.29 is 19.4 Å². The largest absolute Gasteiger partial charge is 0.469 e. The van der Waals surface area contributed by atoms with E-state index in [0.717, 1.165) is 37.7 Å². The van der Waals surface area contributed by atoms with Gasteiger partial charge in [0.25, 0.3) is 0 Å². The molecular weight excluding hydrogens is 340 g/mol. The van der Waals surface area contributed by atoms with E-state index >= 15 is 0 Å². The molecule has 150 valence electrons. The summed E-state index contributed by atoms with van der Waals surface area (Å²) in [6.07, 6.45) is 9.59. The van der Waals surface area contributed by atoms with Gasteiger partial charge in [-0.15, -0.1) is 0 Å². The lowest BCUT2D eigenvalue weighted by molar-refractivity contribution is -0.139. The summed E-state index contributed by atoms with van der Waals surface area (Å²) >= 11 is 0. The number of hydrogen-bond acceptors (Lipinski definition) is 4. The van der Waals surface area contributed by atoms with Crippen LogP contribution in [0.1, 0.15) is 72.6 Å². The topological polar surface area (TPSA) is 63.6 Å². The molecule has 4 nitrogen and oxygen atoms in total. The maximum atomic E-state index is 12.7. The number of ketones is 1. The van der Waals surface area contributed by atoms with Crippen molar-refractivity contribution in [3.05, 3.63) is 23.3 Å². The molecular formula is C23H34O4. The molecule has 3 aliphatic carbocycles. The summed E-state index contributed by atoms with van der Waals surface area (Å²) in [6, 6.07) is 0. The maximum Gasteiger partial charge on any atom is 0.309 e. The quantitative estimate of drug-likeness (QED) is 0.588. The van der Waals surface area contributed by atoms with E-state index in [9.17, 15) is 14.7 Å². The molecule has 0 heterocycles. The zero-order valence-electron chi connectivity index (χ0n) is 17.4. The number of carbonyl (C=O) groups is 2. The predicted molar refractivity (Wildman–Crippen MR) is 105 cm³/mol. The second-order valence-corrected chi connectivity index (χ2v) is 9.73. The second-order valence-electron chi connectivity index (χ2n) is 9.73. The Morgan fingerprint density at radius 1 is 1.37 bits per heavy atom. The number of carbonyl (C=O) groups excluding carboxylic acids is 2. The van der Waals surface area contributed by atoms with Gasteiger partial charge in [-0.1, -0.05) is 37.1 Å². The number of esters is 1. The molecule has 4 atom stereocenters. The fourth-order valence-electron chi connectivity index (χ4n) is 5.93. The first-order valence-corrected chi connectivity index (χ1v) is 10.2. The van der Waals surface area contributed by atoms with E-state index in [2.05, 4.69) is 19.9 Å². The van der Waals surface area contributed by atoms with Crippen LogP contribution in [0, 0.1) is 22.7 Å². The van der Waals surface area contributed by atoms with Crippen molar-refractivity contribution in [3.63, 3.8) is 0 Å². The van der Waals surface area contributed by atoms with Gasteiger partial charge in [0.05, 0.1) is 19.1 Å². The lowest BCUT2D eigenvalue weighted by atomic mass is 9.54. The first-order valence-electron chi connectivity index (χ1n) is 10.2. The van der Waals surface area contributed by atoms with Crippen molar-refractivity contribution in [2.75, 3.05) is 7.11 Å². The highest BCUT2D eigenvalue weighted by Gasteiger charge is 2.59. The summed E-state index contributed by atoms with van der Waals surface area (Å²) in [5.74, 6) is 0.540. The number of ether oxygens (including phenoxy) is 1. The highest BCUT2D eigenvalue weighted by atomic mass is 16.5. The summed E-state index contributed by atoms with van der Waals surface area (Å²) in [7, 11) is 1.40. The van der Waals surface area contributed by atoms with Crippen LogP contribution in [0.25, 0.3) is 0 Å². The zero-order valence-corrected chi connectivity index (χ0v) is 17.4. The molecule has 0 bridgehead atoms. The third-order valence-electron chi connectivity index (χ3n) is 7.95. The van der Waals surface area contributed by atoms with Crippen LogP contribution in [-0.4, -0.2) is 29.6 Å². The Labute approximate surface area is 163 Å². The van der Waals surface area contributed by atoms with Gasteiger partial charge < -0.3 is 9.84 Å². The summed E-state index contributed by atoms with van der Waals surface area (Å²) in [5.41, 5.74) is 1.43. The number of allylic oxidation sites excluding steroid dienone is 2. The minimum Gasteiger partial charge on any atom is -0.469 e. The van der Waals surface area contributed by atoms with Crippen LogP contribution in [0.4, 0.5) is 0 Å². The molecule has 27 heavy (non-hydrogen) atoms. The first kappa shape index (κ1) is 20.3. The van der Waals surface area contributed by atoms with Gasteiger partial charge in [0, 0.05) is 17.8 Å². The van der Waals surface area contributed by atoms with Crippen molar-refractivity contribution >= 4 is 11.8 Å². The van der Waals surface area contributed by atoms with Crippen LogP contribution in [0.5, 0.6) is 0 Å². The van der Waals surface area contributed by atoms with Crippen LogP contribution < -0.4 is 0 Å². The Morgan fingerprint density at radius 2 is 2.07 bits per heavy atom. The van der Waals surface area contributed by atoms with Crippen molar-refractivity contribution in [2.45, 2.75) is 78.2 Å². The zero-order chi connectivity index (χ0) is 20.0. The van der Waals surface area contributed by atoms with E-state index in [1.54, 1.807) is 0 Å². The summed E-state index contributed by atoms with van der Waals surface area (Å²) in [6.45, 7) is 8.18. The van der Waals surface area contributed by atoms with E-state index in [0.29, 0.717) is 18.1 Å². The highest BCUT2D eigenvalue weighted by molar-refractivity contribution is 5.88. The Morgan fingerprint density at radius 3 is 2.70 bits per heavy atom. The number of fused-ring (bicyclic) bond motifs is 3. The minimum atomic E-state index is -0.842. The molecule has 0 aliphatic heterocycles. The van der Waals surface area contributed by atoms with Crippen molar-refractivity contribution in [1.82, 2.24) is 0 Å². The average molecular weight is 375 g/mol. The van der Waals surface area contributed by atoms with Crippen molar-refractivity contribution in [2.24, 2.45) is 22.7 Å². The van der Waals surface area contributed by atoms with Gasteiger partial charge in [-0.05, 0) is 57.3 Å². The Bertz CT molecular complexity index is 696. The first-order chi connectivity index (χ1) is 12.5. The van der Waals surface area contributed by atoms with E-state index in [1.165, 1.54) is 12.7 Å². The number of methoxy groups -OCH3 is 1. The SMILES string of the molecule is COC(=O)C/C=C1/CC2=CC[C@]3(C)C(=O)CC[C@@]3(C)[C@@H]2CC[C@H]1C(C)(C)O. The Hall–Kier alpha value is -1.42. The molecule has 4 heteroatoms. The number of Topliss-reactive ketones (excluding diaryl/α,β-unsaturated/α-hetero) is 1. The monoisotopic (exact) mass is 374 g/mol. The summed E-state index contributed by atoms with van der Waals surface area (Å²) < 4.78 is 4.80.